The van der Waals surface area contributed by atoms with Crippen LogP contribution in [0.15, 0.2) is 18.2 Å². The van der Waals surface area contributed by atoms with E-state index < -0.39 is 0 Å². The van der Waals surface area contributed by atoms with Gasteiger partial charge in [-0.1, -0.05) is 12.5 Å². The first-order valence-electron chi connectivity index (χ1n) is 9.60. The molecule has 2 aliphatic rings. The van der Waals surface area contributed by atoms with Crippen LogP contribution in [0.1, 0.15) is 44.6 Å². The van der Waals surface area contributed by atoms with Gasteiger partial charge in [-0.2, -0.15) is 0 Å². The lowest BCUT2D eigenvalue weighted by Gasteiger charge is -2.43. The summed E-state index contributed by atoms with van der Waals surface area (Å²) < 4.78 is 2.09. The highest BCUT2D eigenvalue weighted by Crippen LogP contribution is 2.42. The Bertz CT molecular complexity index is 788. The maximum Gasteiger partial charge on any atom is 0.229 e. The number of hydrogen-bond acceptors (Lipinski definition) is 3. The van der Waals surface area contributed by atoms with Crippen LogP contribution < -0.4 is 11.1 Å². The lowest BCUT2D eigenvalue weighted by molar-refractivity contribution is -0.122. The van der Waals surface area contributed by atoms with Gasteiger partial charge in [0.1, 0.15) is 0 Å². The van der Waals surface area contributed by atoms with Crippen molar-refractivity contribution in [2.45, 2.75) is 58.5 Å². The fraction of sp³-hybridized carbons (Fsp3) is 0.600. The molecule has 2 bridgehead atoms. The number of halogens is 1. The third kappa shape index (κ3) is 3.35. The Morgan fingerprint density at radius 3 is 2.65 bits per heavy atom. The van der Waals surface area contributed by atoms with Gasteiger partial charge in [0.15, 0.2) is 0 Å². The van der Waals surface area contributed by atoms with Crippen molar-refractivity contribution in [3.63, 3.8) is 0 Å². The average Bonchev–Trinajstić information content (AvgIpc) is 2.90. The molecular formula is C20H29ClN4O. The average molecular weight is 377 g/mol. The number of anilines is 1. The lowest BCUT2D eigenvalue weighted by atomic mass is 9.65. The van der Waals surface area contributed by atoms with Gasteiger partial charge >= 0.3 is 0 Å². The Kier molecular flexibility index (Phi) is 5.58. The van der Waals surface area contributed by atoms with Gasteiger partial charge in [0.25, 0.3) is 0 Å². The van der Waals surface area contributed by atoms with Gasteiger partial charge in [0.2, 0.25) is 11.9 Å². The van der Waals surface area contributed by atoms with Crippen LogP contribution >= 0.6 is 12.4 Å². The number of aromatic nitrogens is 2. The normalized spacial score (nSPS) is 27.8. The van der Waals surface area contributed by atoms with Crippen molar-refractivity contribution in [2.24, 2.45) is 23.5 Å². The molecule has 1 aromatic heterocycles. The quantitative estimate of drug-likeness (QED) is 0.853. The third-order valence-corrected chi connectivity index (χ3v) is 6.24. The van der Waals surface area contributed by atoms with E-state index in [1.807, 2.05) is 0 Å². The van der Waals surface area contributed by atoms with Crippen LogP contribution in [-0.4, -0.2) is 21.5 Å². The number of benzene rings is 1. The number of carbonyl (C=O) groups excluding carboxylic acids is 1. The number of nitrogens with zero attached hydrogens (tertiary/aromatic N) is 2. The highest BCUT2D eigenvalue weighted by molar-refractivity contribution is 5.93. The van der Waals surface area contributed by atoms with Crippen LogP contribution in [0, 0.1) is 24.7 Å². The molecule has 1 amide bonds. The van der Waals surface area contributed by atoms with Gasteiger partial charge in [-0.15, -0.1) is 12.4 Å². The molecule has 26 heavy (non-hydrogen) atoms. The van der Waals surface area contributed by atoms with Gasteiger partial charge in [-0.05, 0) is 69.1 Å². The molecule has 0 radical (unpaired) electrons. The Morgan fingerprint density at radius 2 is 2.00 bits per heavy atom. The first kappa shape index (κ1) is 19.2. The van der Waals surface area contributed by atoms with Gasteiger partial charge in [-0.25, -0.2) is 4.98 Å². The monoisotopic (exact) mass is 376 g/mol. The van der Waals surface area contributed by atoms with E-state index in [0.29, 0.717) is 23.8 Å². The second-order valence-corrected chi connectivity index (χ2v) is 7.86. The summed E-state index contributed by atoms with van der Waals surface area (Å²) in [6.07, 6.45) is 5.47. The van der Waals surface area contributed by atoms with Gasteiger partial charge < -0.3 is 10.3 Å². The minimum atomic E-state index is 0. The zero-order valence-electron chi connectivity index (χ0n) is 15.6. The zero-order chi connectivity index (χ0) is 17.6. The van der Waals surface area contributed by atoms with Crippen LogP contribution in [0.5, 0.6) is 0 Å². The molecule has 6 heteroatoms. The molecule has 2 aliphatic carbocycles. The molecule has 1 aromatic carbocycles. The Hall–Kier alpha value is -1.59. The second kappa shape index (κ2) is 7.57. The molecule has 0 saturated heterocycles. The van der Waals surface area contributed by atoms with Crippen LogP contribution in [0.25, 0.3) is 11.0 Å². The standard InChI is InChI=1S/C20H28N4O.ClH/c1-3-24-17-8-7-12(2)9-16(17)22-20(24)23-19(25)15-10-13-5-4-6-14(11-15)18(13)21;/h7-9,13-15,18H,3-6,10-11,21H2,1-2H3,(H,22,23,25);1H. The lowest BCUT2D eigenvalue weighted by Crippen LogP contribution is -2.48. The smallest absolute Gasteiger partial charge is 0.229 e. The van der Waals surface area contributed by atoms with E-state index in [2.05, 4.69) is 46.9 Å². The highest BCUT2D eigenvalue weighted by atomic mass is 35.5. The predicted octanol–water partition coefficient (Wildman–Crippen LogP) is 3.88. The molecular weight excluding hydrogens is 348 g/mol. The largest absolute Gasteiger partial charge is 0.327 e. The number of amides is 1. The minimum Gasteiger partial charge on any atom is -0.327 e. The summed E-state index contributed by atoms with van der Waals surface area (Å²) >= 11 is 0. The predicted molar refractivity (Wildman–Crippen MR) is 108 cm³/mol. The summed E-state index contributed by atoms with van der Waals surface area (Å²) in [5, 5.41) is 3.12. The molecule has 142 valence electrons. The molecule has 3 N–H and O–H groups in total. The number of fused-ring (bicyclic) bond motifs is 3. The molecule has 4 rings (SSSR count). The van der Waals surface area contributed by atoms with Crippen LogP contribution in [0.3, 0.4) is 0 Å². The van der Waals surface area contributed by atoms with E-state index in [4.69, 9.17) is 5.73 Å². The molecule has 2 unspecified atom stereocenters. The Morgan fingerprint density at radius 1 is 1.31 bits per heavy atom. The number of rotatable bonds is 3. The summed E-state index contributed by atoms with van der Waals surface area (Å²) in [7, 11) is 0. The number of imidazole rings is 1. The highest BCUT2D eigenvalue weighted by Gasteiger charge is 2.40. The summed E-state index contributed by atoms with van der Waals surface area (Å²) in [6.45, 7) is 4.93. The first-order chi connectivity index (χ1) is 12.1. The zero-order valence-corrected chi connectivity index (χ0v) is 16.4. The number of nitrogens with two attached hydrogens (primary N) is 1. The van der Waals surface area contributed by atoms with Crippen molar-refractivity contribution >= 4 is 35.3 Å². The van der Waals surface area contributed by atoms with E-state index in [-0.39, 0.29) is 24.2 Å². The van der Waals surface area contributed by atoms with Crippen LogP contribution in [0.4, 0.5) is 5.95 Å². The van der Waals surface area contributed by atoms with Crippen molar-refractivity contribution in [3.8, 4) is 0 Å². The van der Waals surface area contributed by atoms with Crippen molar-refractivity contribution < 1.29 is 4.79 Å². The maximum atomic E-state index is 12.9. The summed E-state index contributed by atoms with van der Waals surface area (Å²) in [5.74, 6) is 1.88. The molecule has 2 saturated carbocycles. The molecule has 1 heterocycles. The topological polar surface area (TPSA) is 72.9 Å². The van der Waals surface area contributed by atoms with Gasteiger partial charge in [0, 0.05) is 18.5 Å². The fourth-order valence-electron chi connectivity index (χ4n) is 4.87. The van der Waals surface area contributed by atoms with E-state index in [0.717, 1.165) is 30.4 Å². The summed E-state index contributed by atoms with van der Waals surface area (Å²) in [5.41, 5.74) is 9.56. The first-order valence-corrected chi connectivity index (χ1v) is 9.60. The number of hydrogen-bond donors (Lipinski definition) is 2. The minimum absolute atomic E-state index is 0. The van der Waals surface area contributed by atoms with Gasteiger partial charge in [0.05, 0.1) is 11.0 Å². The fourth-order valence-corrected chi connectivity index (χ4v) is 4.87. The van der Waals surface area contributed by atoms with Crippen molar-refractivity contribution in [2.75, 3.05) is 5.32 Å². The van der Waals surface area contributed by atoms with E-state index in [1.54, 1.807) is 0 Å². The van der Waals surface area contributed by atoms with Crippen LogP contribution in [-0.2, 0) is 11.3 Å². The maximum absolute atomic E-state index is 12.9. The van der Waals surface area contributed by atoms with Crippen molar-refractivity contribution in [3.05, 3.63) is 23.8 Å². The Labute approximate surface area is 161 Å². The Balaban J connectivity index is 0.00000196. The SMILES string of the molecule is CCn1c(NC(=O)C2CC3CCCC(C2)C3N)nc2cc(C)ccc21.Cl. The summed E-state index contributed by atoms with van der Waals surface area (Å²) in [6, 6.07) is 6.54. The molecule has 0 spiro atoms. The van der Waals surface area contributed by atoms with Crippen LogP contribution in [0.2, 0.25) is 0 Å². The van der Waals surface area contributed by atoms with E-state index >= 15 is 0 Å². The molecule has 2 atom stereocenters. The number of carbonyl (C=O) groups is 1. The number of nitrogens with one attached hydrogen (secondary N) is 1. The van der Waals surface area contributed by atoms with E-state index in [1.165, 1.54) is 24.8 Å². The van der Waals surface area contributed by atoms with Crippen molar-refractivity contribution in [1.82, 2.24) is 9.55 Å². The summed E-state index contributed by atoms with van der Waals surface area (Å²) in [4.78, 5) is 17.6. The molecule has 2 aromatic rings. The number of aryl methyl sites for hydroxylation is 2. The molecule has 5 nitrogen and oxygen atoms in total. The third-order valence-electron chi connectivity index (χ3n) is 6.24. The second-order valence-electron chi connectivity index (χ2n) is 7.86. The van der Waals surface area contributed by atoms with Crippen molar-refractivity contribution in [1.29, 1.82) is 0 Å². The van der Waals surface area contributed by atoms with Gasteiger partial charge in [-0.3, -0.25) is 10.1 Å². The van der Waals surface area contributed by atoms with E-state index in [9.17, 15) is 4.79 Å². The molecule has 0 aliphatic heterocycles. The molecule has 2 fully saturated rings.